The van der Waals surface area contributed by atoms with Crippen molar-refractivity contribution < 1.29 is 27.4 Å². The van der Waals surface area contributed by atoms with Crippen LogP contribution in [-0.4, -0.2) is 18.4 Å². The predicted octanol–water partition coefficient (Wildman–Crippen LogP) is 5.12. The van der Waals surface area contributed by atoms with Gasteiger partial charge in [-0.25, -0.2) is 0 Å². The Morgan fingerprint density at radius 1 is 1.12 bits per heavy atom. The lowest BCUT2D eigenvalue weighted by Gasteiger charge is -2.28. The molecule has 3 nitrogen and oxygen atoms in total. The molecule has 0 spiro atoms. The largest absolute Gasteiger partial charge is 0.575 e. The quantitative estimate of drug-likeness (QED) is 0.701. The molecule has 6 heteroatoms. The van der Waals surface area contributed by atoms with Crippen molar-refractivity contribution in [2.24, 2.45) is 5.92 Å². The van der Waals surface area contributed by atoms with Gasteiger partial charge in [-0.2, -0.15) is 0 Å². The molecule has 0 heterocycles. The van der Waals surface area contributed by atoms with Crippen LogP contribution in [0.5, 0.6) is 0 Å². The molecule has 0 radical (unpaired) electrons. The van der Waals surface area contributed by atoms with Crippen LogP contribution in [0, 0.1) is 5.92 Å². The molecule has 0 bridgehead atoms. The topological polar surface area (TPSA) is 35.5 Å². The number of hydrogen-bond acceptors (Lipinski definition) is 3. The van der Waals surface area contributed by atoms with Crippen LogP contribution in [-0.2, 0) is 26.3 Å². The maximum Gasteiger partial charge on any atom is 0.575 e. The number of carbonyl (C=O) groups is 1. The number of ether oxygens (including phenoxy) is 2. The molecule has 1 fully saturated rings. The van der Waals surface area contributed by atoms with Crippen molar-refractivity contribution in [1.82, 2.24) is 0 Å². The molecule has 0 saturated heterocycles. The Kier molecular flexibility index (Phi) is 6.14. The highest BCUT2D eigenvalue weighted by molar-refractivity contribution is 5.72. The molecule has 1 aromatic rings. The molecule has 0 aliphatic heterocycles. The number of benzene rings is 1. The predicted molar refractivity (Wildman–Crippen MR) is 87.8 cm³/mol. The van der Waals surface area contributed by atoms with Crippen molar-refractivity contribution in [3.8, 4) is 0 Å². The standard InChI is InChI=1S/C19H25F3O3/c1-18(2,3)15-9-7-13(8-10-15)12-24-16-6-4-5-14(11-16)17(23)25-19(20,21)22/h7-10,14,16H,4-6,11-12H2,1-3H3. The summed E-state index contributed by atoms with van der Waals surface area (Å²) in [5, 5.41) is 0. The molecule has 2 rings (SSSR count). The van der Waals surface area contributed by atoms with Gasteiger partial charge < -0.3 is 9.47 Å². The fraction of sp³-hybridized carbons (Fsp3) is 0.632. The Labute approximate surface area is 146 Å². The second-order valence-corrected chi connectivity index (χ2v) is 7.61. The smallest absolute Gasteiger partial charge is 0.374 e. The zero-order valence-electron chi connectivity index (χ0n) is 14.9. The van der Waals surface area contributed by atoms with Crippen molar-refractivity contribution in [3.63, 3.8) is 0 Å². The van der Waals surface area contributed by atoms with Gasteiger partial charge in [-0.1, -0.05) is 51.5 Å². The number of rotatable bonds is 4. The lowest BCUT2D eigenvalue weighted by atomic mass is 9.86. The average Bonchev–Trinajstić information content (AvgIpc) is 2.51. The average molecular weight is 358 g/mol. The Hall–Kier alpha value is -1.56. The van der Waals surface area contributed by atoms with E-state index in [4.69, 9.17) is 4.74 Å². The molecule has 1 aromatic carbocycles. The Balaban J connectivity index is 1.85. The number of alkyl halides is 3. The van der Waals surface area contributed by atoms with Gasteiger partial charge in [-0.15, -0.1) is 13.2 Å². The van der Waals surface area contributed by atoms with Gasteiger partial charge >= 0.3 is 12.3 Å². The summed E-state index contributed by atoms with van der Waals surface area (Å²) in [6, 6.07) is 8.11. The van der Waals surface area contributed by atoms with E-state index in [9.17, 15) is 18.0 Å². The normalized spacial score (nSPS) is 21.8. The van der Waals surface area contributed by atoms with Crippen molar-refractivity contribution in [2.45, 2.75) is 70.9 Å². The number of esters is 1. The summed E-state index contributed by atoms with van der Waals surface area (Å²) >= 11 is 0. The van der Waals surface area contributed by atoms with Gasteiger partial charge in [-0.05, 0) is 35.8 Å². The minimum atomic E-state index is -4.92. The highest BCUT2D eigenvalue weighted by Crippen LogP contribution is 2.30. The molecule has 2 unspecified atom stereocenters. The van der Waals surface area contributed by atoms with Gasteiger partial charge in [0.1, 0.15) is 0 Å². The van der Waals surface area contributed by atoms with Crippen LogP contribution >= 0.6 is 0 Å². The van der Waals surface area contributed by atoms with Crippen LogP contribution in [0.3, 0.4) is 0 Å². The third-order valence-corrected chi connectivity index (χ3v) is 4.48. The van der Waals surface area contributed by atoms with Crippen molar-refractivity contribution >= 4 is 5.97 Å². The second kappa shape index (κ2) is 7.77. The molecule has 2 atom stereocenters. The fourth-order valence-electron chi connectivity index (χ4n) is 3.02. The van der Waals surface area contributed by atoms with Gasteiger partial charge in [0.15, 0.2) is 0 Å². The minimum Gasteiger partial charge on any atom is -0.374 e. The molecule has 0 N–H and O–H groups in total. The van der Waals surface area contributed by atoms with E-state index >= 15 is 0 Å². The zero-order valence-corrected chi connectivity index (χ0v) is 14.9. The van der Waals surface area contributed by atoms with Crippen LogP contribution in [0.4, 0.5) is 13.2 Å². The lowest BCUT2D eigenvalue weighted by Crippen LogP contribution is -2.32. The van der Waals surface area contributed by atoms with Crippen molar-refractivity contribution in [1.29, 1.82) is 0 Å². The maximum absolute atomic E-state index is 12.2. The van der Waals surface area contributed by atoms with Gasteiger partial charge in [0, 0.05) is 0 Å². The first-order valence-electron chi connectivity index (χ1n) is 8.55. The van der Waals surface area contributed by atoms with E-state index in [-0.39, 0.29) is 17.9 Å². The van der Waals surface area contributed by atoms with Crippen molar-refractivity contribution in [2.75, 3.05) is 0 Å². The van der Waals surface area contributed by atoms with Crippen LogP contribution in [0.1, 0.15) is 57.6 Å². The molecule has 25 heavy (non-hydrogen) atoms. The van der Waals surface area contributed by atoms with E-state index in [1.165, 1.54) is 5.56 Å². The van der Waals surface area contributed by atoms with E-state index in [0.717, 1.165) is 12.0 Å². The first-order valence-corrected chi connectivity index (χ1v) is 8.55. The molecule has 0 amide bonds. The highest BCUT2D eigenvalue weighted by Gasteiger charge is 2.38. The number of hydrogen-bond donors (Lipinski definition) is 0. The van der Waals surface area contributed by atoms with Gasteiger partial charge in [0.05, 0.1) is 18.6 Å². The van der Waals surface area contributed by atoms with Crippen LogP contribution in [0.15, 0.2) is 24.3 Å². The van der Waals surface area contributed by atoms with E-state index in [2.05, 4.69) is 37.6 Å². The molecule has 0 aromatic heterocycles. The Bertz CT molecular complexity index is 573. The van der Waals surface area contributed by atoms with Gasteiger partial charge in [0.2, 0.25) is 0 Å². The summed E-state index contributed by atoms with van der Waals surface area (Å²) < 4.78 is 45.9. The van der Waals surface area contributed by atoms with Crippen molar-refractivity contribution in [3.05, 3.63) is 35.4 Å². The summed E-state index contributed by atoms with van der Waals surface area (Å²) in [5.74, 6) is -1.95. The monoisotopic (exact) mass is 358 g/mol. The van der Waals surface area contributed by atoms with Crippen LogP contribution in [0.2, 0.25) is 0 Å². The third-order valence-electron chi connectivity index (χ3n) is 4.48. The van der Waals surface area contributed by atoms with Gasteiger partial charge in [0.25, 0.3) is 0 Å². The minimum absolute atomic E-state index is 0.0782. The fourth-order valence-corrected chi connectivity index (χ4v) is 3.02. The van der Waals surface area contributed by atoms with E-state index in [1.807, 2.05) is 12.1 Å². The number of carbonyl (C=O) groups excluding carboxylic acids is 1. The summed E-state index contributed by atoms with van der Waals surface area (Å²) in [4.78, 5) is 11.6. The molecular formula is C19H25F3O3. The molecule has 1 saturated carbocycles. The number of halogens is 3. The zero-order chi connectivity index (χ0) is 18.7. The maximum atomic E-state index is 12.2. The van der Waals surface area contributed by atoms with E-state index in [1.54, 1.807) is 0 Å². The first-order chi connectivity index (χ1) is 11.5. The van der Waals surface area contributed by atoms with Crippen LogP contribution in [0.25, 0.3) is 0 Å². The summed E-state index contributed by atoms with van der Waals surface area (Å²) in [6.45, 7) is 6.80. The molecule has 1 aliphatic carbocycles. The molecule has 140 valence electrons. The van der Waals surface area contributed by atoms with E-state index in [0.29, 0.717) is 19.4 Å². The summed E-state index contributed by atoms with van der Waals surface area (Å²) in [6.07, 6.45) is -3.05. The second-order valence-electron chi connectivity index (χ2n) is 7.61. The molecule has 1 aliphatic rings. The van der Waals surface area contributed by atoms with Gasteiger partial charge in [-0.3, -0.25) is 4.79 Å². The first kappa shape index (κ1) is 19.8. The summed E-state index contributed by atoms with van der Waals surface area (Å²) in [5.41, 5.74) is 2.31. The summed E-state index contributed by atoms with van der Waals surface area (Å²) in [7, 11) is 0. The van der Waals surface area contributed by atoms with E-state index < -0.39 is 18.2 Å². The Morgan fingerprint density at radius 3 is 2.32 bits per heavy atom. The van der Waals surface area contributed by atoms with Crippen LogP contribution < -0.4 is 0 Å². The SMILES string of the molecule is CC(C)(C)c1ccc(COC2CCCC(C(=O)OC(F)(F)F)C2)cc1. The molecular weight excluding hydrogens is 333 g/mol. The highest BCUT2D eigenvalue weighted by atomic mass is 19.4. The third kappa shape index (κ3) is 6.34. The Morgan fingerprint density at radius 2 is 1.76 bits per heavy atom. The lowest BCUT2D eigenvalue weighted by molar-refractivity contribution is -0.308.